The van der Waals surface area contributed by atoms with E-state index in [-0.39, 0.29) is 6.04 Å². The van der Waals surface area contributed by atoms with Gasteiger partial charge in [-0.2, -0.15) is 5.10 Å². The maximum absolute atomic E-state index is 12.3. The van der Waals surface area contributed by atoms with E-state index in [4.69, 9.17) is 9.47 Å². The van der Waals surface area contributed by atoms with Crippen LogP contribution >= 0.6 is 0 Å². The highest BCUT2D eigenvalue weighted by Crippen LogP contribution is 2.29. The van der Waals surface area contributed by atoms with Crippen LogP contribution in [0.5, 0.6) is 5.88 Å². The fraction of sp³-hybridized carbons (Fsp3) is 0.520. The zero-order chi connectivity index (χ0) is 24.1. The molecule has 1 amide bonds. The normalized spacial score (nSPS) is 17.7. The van der Waals surface area contributed by atoms with Crippen LogP contribution in [0.15, 0.2) is 36.4 Å². The first-order valence-electron chi connectivity index (χ1n) is 12.0. The van der Waals surface area contributed by atoms with E-state index in [0.29, 0.717) is 29.2 Å². The second kappa shape index (κ2) is 10.8. The van der Waals surface area contributed by atoms with Gasteiger partial charge in [0.25, 0.3) is 0 Å². The van der Waals surface area contributed by atoms with Crippen LogP contribution in [0, 0.1) is 5.92 Å². The molecule has 4 rings (SSSR count). The summed E-state index contributed by atoms with van der Waals surface area (Å²) in [5, 5.41) is 7.80. The Morgan fingerprint density at radius 3 is 2.47 bits per heavy atom. The molecule has 0 atom stereocenters. The molecule has 0 bridgehead atoms. The molecule has 0 unspecified atom stereocenters. The van der Waals surface area contributed by atoms with E-state index in [1.807, 2.05) is 38.1 Å². The van der Waals surface area contributed by atoms with Crippen LogP contribution in [0.4, 0.5) is 4.79 Å². The largest absolute Gasteiger partial charge is 0.415 e. The molecular formula is C25H32N4O5. The molecule has 0 radical (unpaired) electrons. The minimum Gasteiger partial charge on any atom is -0.404 e. The van der Waals surface area contributed by atoms with Gasteiger partial charge >= 0.3 is 18.0 Å². The Balaban J connectivity index is 1.22. The molecule has 182 valence electrons. The second-order valence-electron chi connectivity index (χ2n) is 9.27. The Morgan fingerprint density at radius 1 is 1.09 bits per heavy atom. The Kier molecular flexibility index (Phi) is 7.62. The van der Waals surface area contributed by atoms with E-state index in [9.17, 15) is 14.4 Å². The summed E-state index contributed by atoms with van der Waals surface area (Å²) >= 11 is 0. The Morgan fingerprint density at radius 2 is 1.79 bits per heavy atom. The molecule has 1 aliphatic carbocycles. The number of ether oxygens (including phenoxy) is 2. The number of nitrogens with one attached hydrogen (secondary N) is 1. The molecule has 1 saturated carbocycles. The van der Waals surface area contributed by atoms with Gasteiger partial charge in [-0.1, -0.05) is 18.6 Å². The minimum atomic E-state index is -0.934. The number of piperidine rings is 1. The molecule has 1 aliphatic heterocycles. The van der Waals surface area contributed by atoms with Gasteiger partial charge in [0.1, 0.15) is 0 Å². The summed E-state index contributed by atoms with van der Waals surface area (Å²) in [7, 11) is 0. The maximum Gasteiger partial charge on any atom is 0.415 e. The number of amides is 1. The van der Waals surface area contributed by atoms with E-state index >= 15 is 0 Å². The summed E-state index contributed by atoms with van der Waals surface area (Å²) in [5.74, 6) is -1.01. The van der Waals surface area contributed by atoms with Crippen LogP contribution in [-0.4, -0.2) is 58.4 Å². The number of rotatable bonds is 7. The topological polar surface area (TPSA) is 103 Å². The smallest absolute Gasteiger partial charge is 0.404 e. The summed E-state index contributed by atoms with van der Waals surface area (Å²) in [4.78, 5) is 38.8. The van der Waals surface area contributed by atoms with Gasteiger partial charge in [-0.3, -0.25) is 0 Å². The number of alkyl carbamates (subject to hydrolysis) is 1. The zero-order valence-electron chi connectivity index (χ0n) is 19.7. The number of benzene rings is 1. The van der Waals surface area contributed by atoms with Gasteiger partial charge in [0.15, 0.2) is 0 Å². The highest BCUT2D eigenvalue weighted by molar-refractivity contribution is 5.97. The first-order chi connectivity index (χ1) is 16.4. The molecular weight excluding hydrogens is 436 g/mol. The van der Waals surface area contributed by atoms with Crippen molar-refractivity contribution in [2.75, 3.05) is 19.6 Å². The summed E-state index contributed by atoms with van der Waals surface area (Å²) in [5.41, 5.74) is 0.702. The molecule has 2 aliphatic rings. The van der Waals surface area contributed by atoms with Crippen LogP contribution in [0.25, 0.3) is 10.9 Å². The molecule has 9 nitrogen and oxygen atoms in total. The first kappa shape index (κ1) is 23.9. The summed E-state index contributed by atoms with van der Waals surface area (Å²) in [6.45, 7) is 6.43. The van der Waals surface area contributed by atoms with Crippen molar-refractivity contribution in [1.29, 1.82) is 0 Å². The average molecular weight is 469 g/mol. The van der Waals surface area contributed by atoms with Gasteiger partial charge in [0.2, 0.25) is 5.88 Å². The van der Waals surface area contributed by atoms with Gasteiger partial charge in [-0.15, -0.1) is 0 Å². The third kappa shape index (κ3) is 5.83. The second-order valence-corrected chi connectivity index (χ2v) is 9.27. The van der Waals surface area contributed by atoms with Crippen LogP contribution in [-0.2, 0) is 14.3 Å². The number of hydrogen-bond donors (Lipinski definition) is 1. The maximum atomic E-state index is 12.3. The fourth-order valence-corrected chi connectivity index (χ4v) is 4.41. The number of hydrogen-bond acceptors (Lipinski definition) is 7. The molecule has 9 heteroatoms. The number of fused-ring (bicyclic) bond motifs is 1. The lowest BCUT2D eigenvalue weighted by atomic mass is 9.88. The lowest BCUT2D eigenvalue weighted by Crippen LogP contribution is -2.46. The number of nitrogens with zero attached hydrogens (tertiary/aromatic N) is 3. The molecule has 1 saturated heterocycles. The number of aromatic nitrogens is 2. The van der Waals surface area contributed by atoms with Crippen molar-refractivity contribution < 1.29 is 23.9 Å². The van der Waals surface area contributed by atoms with Gasteiger partial charge in [-0.05, 0) is 70.7 Å². The molecule has 1 aromatic carbocycles. The Bertz CT molecular complexity index is 1060. The fourth-order valence-electron chi connectivity index (χ4n) is 4.41. The first-order valence-corrected chi connectivity index (χ1v) is 12.0. The van der Waals surface area contributed by atoms with Crippen molar-refractivity contribution in [3.63, 3.8) is 0 Å². The highest BCUT2D eigenvalue weighted by atomic mass is 16.6. The molecule has 2 heterocycles. The van der Waals surface area contributed by atoms with E-state index in [1.54, 1.807) is 4.68 Å². The lowest BCUT2D eigenvalue weighted by molar-refractivity contribution is -0.133. The van der Waals surface area contributed by atoms with E-state index < -0.39 is 18.0 Å². The predicted molar refractivity (Wildman–Crippen MR) is 126 cm³/mol. The molecule has 2 aromatic rings. The monoisotopic (exact) mass is 468 g/mol. The molecule has 1 aromatic heterocycles. The summed E-state index contributed by atoms with van der Waals surface area (Å²) in [6, 6.07) is 8.04. The minimum absolute atomic E-state index is 0.0294. The van der Waals surface area contributed by atoms with Gasteiger partial charge in [-0.25, -0.2) is 19.1 Å². The summed E-state index contributed by atoms with van der Waals surface area (Å²) < 4.78 is 11.8. The van der Waals surface area contributed by atoms with Crippen molar-refractivity contribution in [3.8, 4) is 5.88 Å². The van der Waals surface area contributed by atoms with Crippen LogP contribution in [0.2, 0.25) is 0 Å². The lowest BCUT2D eigenvalue weighted by Gasteiger charge is -2.41. The number of carbonyl (C=O) groups is 3. The van der Waals surface area contributed by atoms with Crippen molar-refractivity contribution in [2.24, 2.45) is 5.92 Å². The molecule has 2 fully saturated rings. The van der Waals surface area contributed by atoms with E-state index in [0.717, 1.165) is 44.1 Å². The highest BCUT2D eigenvalue weighted by Gasteiger charge is 2.28. The quantitative estimate of drug-likeness (QED) is 0.376. The SMILES string of the molecule is CC(C)n1nc2ccccc2c1OC(=O)/C=C/C(=O)OC(=O)NCC1CCN(C2CCC2)CC1. The standard InChI is InChI=1S/C25H32N4O5/c1-17(2)29-24(20-8-3-4-9-21(20)27-29)33-22(30)10-11-23(31)34-25(32)26-16-18-12-14-28(15-13-18)19-6-5-7-19/h3-4,8-11,17-19H,5-7,12-16H2,1-2H3,(H,26,32)/b11-10+. The van der Waals surface area contributed by atoms with Gasteiger partial charge in [0, 0.05) is 24.7 Å². The number of carbonyl (C=O) groups excluding carboxylic acids is 3. The van der Waals surface area contributed by atoms with Crippen LogP contribution in [0.3, 0.4) is 0 Å². The van der Waals surface area contributed by atoms with E-state index in [1.165, 1.54) is 19.3 Å². The number of esters is 2. The van der Waals surface area contributed by atoms with Crippen molar-refractivity contribution in [3.05, 3.63) is 36.4 Å². The molecule has 34 heavy (non-hydrogen) atoms. The van der Waals surface area contributed by atoms with Crippen molar-refractivity contribution in [2.45, 2.75) is 58.0 Å². The predicted octanol–water partition coefficient (Wildman–Crippen LogP) is 3.60. The Hall–Kier alpha value is -3.20. The van der Waals surface area contributed by atoms with Gasteiger partial charge in [0.05, 0.1) is 16.9 Å². The Labute approximate surface area is 199 Å². The van der Waals surface area contributed by atoms with Gasteiger partial charge < -0.3 is 19.7 Å². The molecule has 1 N–H and O–H groups in total. The summed E-state index contributed by atoms with van der Waals surface area (Å²) in [6.07, 6.45) is 7.00. The number of likely N-dealkylation sites (tertiary alicyclic amines) is 1. The van der Waals surface area contributed by atoms with Crippen molar-refractivity contribution >= 4 is 28.9 Å². The van der Waals surface area contributed by atoms with Crippen LogP contribution in [0.1, 0.15) is 52.0 Å². The average Bonchev–Trinajstić information content (AvgIpc) is 3.15. The van der Waals surface area contributed by atoms with Crippen LogP contribution < -0.4 is 10.1 Å². The third-order valence-electron chi connectivity index (χ3n) is 6.57. The van der Waals surface area contributed by atoms with Crippen molar-refractivity contribution in [1.82, 2.24) is 20.0 Å². The van der Waals surface area contributed by atoms with E-state index in [2.05, 4.69) is 15.3 Å². The molecule has 0 spiro atoms. The third-order valence-corrected chi connectivity index (χ3v) is 6.57. The zero-order valence-corrected chi connectivity index (χ0v) is 19.7.